The van der Waals surface area contributed by atoms with E-state index >= 15 is 0 Å². The number of ether oxygens (including phenoxy) is 1. The van der Waals surface area contributed by atoms with E-state index in [1.807, 2.05) is 0 Å². The van der Waals surface area contributed by atoms with Crippen LogP contribution in [0.25, 0.3) is 0 Å². The molecule has 0 amide bonds. The molecule has 0 N–H and O–H groups in total. The first-order chi connectivity index (χ1) is 7.97. The number of hydrogen-bond acceptors (Lipinski definition) is 4. The number of alkyl halides is 2. The van der Waals surface area contributed by atoms with E-state index in [1.54, 1.807) is 25.7 Å². The quantitative estimate of drug-likeness (QED) is 0.297. The van der Waals surface area contributed by atoms with Gasteiger partial charge in [-0.15, -0.1) is 0 Å². The molecule has 0 heterocycles. The Morgan fingerprint density at radius 2 is 1.76 bits per heavy atom. The molecule has 0 aliphatic carbocycles. The normalized spacial score (nSPS) is 11.5. The van der Waals surface area contributed by atoms with Gasteiger partial charge in [-0.3, -0.25) is 4.79 Å². The zero-order valence-electron chi connectivity index (χ0n) is 10.2. The van der Waals surface area contributed by atoms with Crippen LogP contribution < -0.4 is 0 Å². The summed E-state index contributed by atoms with van der Waals surface area (Å²) in [5.74, 6) is -2.51. The standard InChI is InChI=1S/C11H17F2NO3/c1-4-14(5-2)7-8(9(15)10(12)13)11(16)17-6-3/h7,10H,4-6H2,1-3H3/b8-7+. The van der Waals surface area contributed by atoms with Crippen LogP contribution in [0.2, 0.25) is 0 Å². The summed E-state index contributed by atoms with van der Waals surface area (Å²) in [6.45, 7) is 6.17. The predicted octanol–water partition coefficient (Wildman–Crippen LogP) is 1.61. The molecule has 0 saturated carbocycles. The van der Waals surface area contributed by atoms with Crippen molar-refractivity contribution >= 4 is 11.8 Å². The Morgan fingerprint density at radius 3 is 2.12 bits per heavy atom. The number of ketones is 1. The van der Waals surface area contributed by atoms with Crippen molar-refractivity contribution in [3.05, 3.63) is 11.8 Å². The van der Waals surface area contributed by atoms with Crippen LogP contribution in [0.1, 0.15) is 20.8 Å². The number of halogens is 2. The molecule has 0 spiro atoms. The topological polar surface area (TPSA) is 46.6 Å². The lowest BCUT2D eigenvalue weighted by atomic mass is 10.2. The van der Waals surface area contributed by atoms with Gasteiger partial charge in [0.1, 0.15) is 5.57 Å². The SMILES string of the molecule is CCOC(=O)/C(=C/N(CC)CC)C(=O)C(F)F. The largest absolute Gasteiger partial charge is 0.462 e. The van der Waals surface area contributed by atoms with Crippen LogP contribution in [-0.4, -0.2) is 42.8 Å². The number of esters is 1. The van der Waals surface area contributed by atoms with Crippen LogP contribution >= 0.6 is 0 Å². The molecule has 17 heavy (non-hydrogen) atoms. The third-order valence-electron chi connectivity index (χ3n) is 2.08. The third kappa shape index (κ3) is 4.93. The Hall–Kier alpha value is -1.46. The Kier molecular flexibility index (Phi) is 7.09. The van der Waals surface area contributed by atoms with Gasteiger partial charge in [-0.2, -0.15) is 0 Å². The van der Waals surface area contributed by atoms with Crippen molar-refractivity contribution in [1.82, 2.24) is 4.90 Å². The summed E-state index contributed by atoms with van der Waals surface area (Å²) >= 11 is 0. The highest BCUT2D eigenvalue weighted by Gasteiger charge is 2.27. The van der Waals surface area contributed by atoms with E-state index in [0.717, 1.165) is 6.20 Å². The van der Waals surface area contributed by atoms with Gasteiger partial charge in [0.15, 0.2) is 0 Å². The molecule has 98 valence electrons. The fourth-order valence-electron chi connectivity index (χ4n) is 1.13. The van der Waals surface area contributed by atoms with Gasteiger partial charge in [-0.05, 0) is 20.8 Å². The van der Waals surface area contributed by atoms with E-state index in [2.05, 4.69) is 4.74 Å². The average molecular weight is 249 g/mol. The number of nitrogens with zero attached hydrogens (tertiary/aromatic N) is 1. The van der Waals surface area contributed by atoms with Crippen LogP contribution in [0.5, 0.6) is 0 Å². The molecule has 4 nitrogen and oxygen atoms in total. The van der Waals surface area contributed by atoms with Crippen molar-refractivity contribution in [1.29, 1.82) is 0 Å². The molecule has 0 saturated heterocycles. The Bertz CT molecular complexity index is 299. The molecule has 0 aliphatic heterocycles. The van der Waals surface area contributed by atoms with Gasteiger partial charge in [-0.1, -0.05) is 0 Å². The first-order valence-electron chi connectivity index (χ1n) is 5.43. The number of hydrogen-bond donors (Lipinski definition) is 0. The lowest BCUT2D eigenvalue weighted by Gasteiger charge is -2.17. The summed E-state index contributed by atoms with van der Waals surface area (Å²) in [7, 11) is 0. The Morgan fingerprint density at radius 1 is 1.24 bits per heavy atom. The zero-order chi connectivity index (χ0) is 13.4. The highest BCUT2D eigenvalue weighted by Crippen LogP contribution is 2.09. The highest BCUT2D eigenvalue weighted by molar-refractivity contribution is 6.18. The van der Waals surface area contributed by atoms with Crippen molar-refractivity contribution in [2.45, 2.75) is 27.2 Å². The molecule has 0 bridgehead atoms. The molecule has 0 aromatic carbocycles. The van der Waals surface area contributed by atoms with Gasteiger partial charge in [0.05, 0.1) is 6.61 Å². The first kappa shape index (κ1) is 15.5. The van der Waals surface area contributed by atoms with Crippen molar-refractivity contribution in [2.24, 2.45) is 0 Å². The van der Waals surface area contributed by atoms with Gasteiger partial charge < -0.3 is 9.64 Å². The molecule has 0 aromatic heterocycles. The number of carbonyl (C=O) groups is 2. The highest BCUT2D eigenvalue weighted by atomic mass is 19.3. The van der Waals surface area contributed by atoms with Crippen LogP contribution in [-0.2, 0) is 14.3 Å². The summed E-state index contributed by atoms with van der Waals surface area (Å²) in [5.41, 5.74) is -0.606. The maximum absolute atomic E-state index is 12.3. The molecule has 0 aromatic rings. The maximum Gasteiger partial charge on any atom is 0.343 e. The van der Waals surface area contributed by atoms with Crippen LogP contribution in [0.4, 0.5) is 8.78 Å². The molecular formula is C11H17F2NO3. The number of rotatable bonds is 7. The fraction of sp³-hybridized carbons (Fsp3) is 0.636. The molecule has 0 rings (SSSR count). The summed E-state index contributed by atoms with van der Waals surface area (Å²) in [5, 5.41) is 0. The number of carbonyl (C=O) groups excluding carboxylic acids is 2. The molecule has 0 atom stereocenters. The Balaban J connectivity index is 5.09. The number of Topliss-reactive ketones (excluding diaryl/α,β-unsaturated/α-hetero) is 1. The summed E-state index contributed by atoms with van der Waals surface area (Å²) in [4.78, 5) is 24.1. The first-order valence-corrected chi connectivity index (χ1v) is 5.43. The van der Waals surface area contributed by atoms with Crippen molar-refractivity contribution < 1.29 is 23.1 Å². The minimum Gasteiger partial charge on any atom is -0.462 e. The molecule has 0 unspecified atom stereocenters. The summed E-state index contributed by atoms with van der Waals surface area (Å²) < 4.78 is 29.2. The lowest BCUT2D eigenvalue weighted by Crippen LogP contribution is -2.26. The summed E-state index contributed by atoms with van der Waals surface area (Å²) in [6.07, 6.45) is -2.08. The van der Waals surface area contributed by atoms with Crippen LogP contribution in [0.3, 0.4) is 0 Å². The minimum absolute atomic E-state index is 0.0327. The average Bonchev–Trinajstić information content (AvgIpc) is 2.30. The second-order valence-corrected chi connectivity index (χ2v) is 3.15. The third-order valence-corrected chi connectivity index (χ3v) is 2.08. The van der Waals surface area contributed by atoms with Gasteiger partial charge in [0, 0.05) is 19.3 Å². The maximum atomic E-state index is 12.3. The molecular weight excluding hydrogens is 232 g/mol. The van der Waals surface area contributed by atoms with E-state index in [0.29, 0.717) is 13.1 Å². The van der Waals surface area contributed by atoms with E-state index in [4.69, 9.17) is 0 Å². The zero-order valence-corrected chi connectivity index (χ0v) is 10.2. The van der Waals surface area contributed by atoms with Gasteiger partial charge in [-0.25, -0.2) is 13.6 Å². The van der Waals surface area contributed by atoms with Gasteiger partial charge in [0.25, 0.3) is 0 Å². The molecule has 0 fully saturated rings. The fourth-order valence-corrected chi connectivity index (χ4v) is 1.13. The van der Waals surface area contributed by atoms with Gasteiger partial charge >= 0.3 is 12.4 Å². The molecule has 0 aliphatic rings. The molecule has 0 radical (unpaired) electrons. The smallest absolute Gasteiger partial charge is 0.343 e. The lowest BCUT2D eigenvalue weighted by molar-refractivity contribution is -0.141. The monoisotopic (exact) mass is 249 g/mol. The minimum atomic E-state index is -3.21. The summed E-state index contributed by atoms with van der Waals surface area (Å²) in [6, 6.07) is 0. The Labute approximate surface area is 99.2 Å². The van der Waals surface area contributed by atoms with E-state index in [-0.39, 0.29) is 6.61 Å². The van der Waals surface area contributed by atoms with E-state index < -0.39 is 23.8 Å². The molecule has 6 heteroatoms. The van der Waals surface area contributed by atoms with Crippen molar-refractivity contribution in [3.8, 4) is 0 Å². The van der Waals surface area contributed by atoms with E-state index in [1.165, 1.54) is 0 Å². The predicted molar refractivity (Wildman–Crippen MR) is 58.6 cm³/mol. The van der Waals surface area contributed by atoms with Crippen LogP contribution in [0, 0.1) is 0 Å². The second-order valence-electron chi connectivity index (χ2n) is 3.15. The van der Waals surface area contributed by atoms with Gasteiger partial charge in [0.2, 0.25) is 5.78 Å². The van der Waals surface area contributed by atoms with Crippen molar-refractivity contribution in [3.63, 3.8) is 0 Å². The van der Waals surface area contributed by atoms with E-state index in [9.17, 15) is 18.4 Å². The van der Waals surface area contributed by atoms with Crippen molar-refractivity contribution in [2.75, 3.05) is 19.7 Å². The second kappa shape index (κ2) is 7.76. The van der Waals surface area contributed by atoms with Crippen LogP contribution in [0.15, 0.2) is 11.8 Å².